The van der Waals surface area contributed by atoms with Crippen LogP contribution < -0.4 is 10.2 Å². The van der Waals surface area contributed by atoms with Gasteiger partial charge in [0.2, 0.25) is 5.88 Å². The maximum Gasteiger partial charge on any atom is 0.321 e. The first kappa shape index (κ1) is 30.1. The van der Waals surface area contributed by atoms with E-state index in [9.17, 15) is 9.59 Å². The van der Waals surface area contributed by atoms with Crippen LogP contribution in [-0.4, -0.2) is 83.7 Å². The lowest BCUT2D eigenvalue weighted by Crippen LogP contribution is -2.48. The highest BCUT2D eigenvalue weighted by molar-refractivity contribution is 5.93. The minimum absolute atomic E-state index is 0.0841. The van der Waals surface area contributed by atoms with Gasteiger partial charge in [-0.3, -0.25) is 14.5 Å². The molecule has 0 aliphatic carbocycles. The molecule has 10 nitrogen and oxygen atoms in total. The first-order chi connectivity index (χ1) is 21.5. The zero-order valence-corrected chi connectivity index (χ0v) is 25.5. The number of likely N-dealkylation sites (tertiary alicyclic amines) is 1. The van der Waals surface area contributed by atoms with E-state index < -0.39 is 0 Å². The number of hydroxylamine groups is 1. The van der Waals surface area contributed by atoms with Gasteiger partial charge in [-0.05, 0) is 68.0 Å². The van der Waals surface area contributed by atoms with E-state index in [1.807, 2.05) is 19.1 Å². The van der Waals surface area contributed by atoms with Crippen LogP contribution in [0.15, 0.2) is 66.7 Å². The molecule has 232 valence electrons. The molecular formula is C34H41N5O5. The van der Waals surface area contributed by atoms with Crippen molar-refractivity contribution >= 4 is 11.9 Å². The van der Waals surface area contributed by atoms with Gasteiger partial charge < -0.3 is 19.3 Å². The summed E-state index contributed by atoms with van der Waals surface area (Å²) in [5, 5.41) is 0. The zero-order valence-electron chi connectivity index (χ0n) is 25.5. The summed E-state index contributed by atoms with van der Waals surface area (Å²) in [4.78, 5) is 41.9. The quantitative estimate of drug-likeness (QED) is 0.342. The average Bonchev–Trinajstić information content (AvgIpc) is 3.41. The van der Waals surface area contributed by atoms with Crippen molar-refractivity contribution in [1.82, 2.24) is 25.2 Å². The van der Waals surface area contributed by atoms with E-state index in [1.54, 1.807) is 24.3 Å². The first-order valence-electron chi connectivity index (χ1n) is 15.5. The van der Waals surface area contributed by atoms with Crippen molar-refractivity contribution in [3.8, 4) is 11.6 Å². The van der Waals surface area contributed by atoms with Gasteiger partial charge in [0, 0.05) is 68.8 Å². The van der Waals surface area contributed by atoms with E-state index in [1.165, 1.54) is 12.7 Å². The first-order valence-corrected chi connectivity index (χ1v) is 15.5. The molecule has 2 aromatic carbocycles. The SMILES string of the molecule is CONC(=O)c1ccc(Oc2ccc(CN3CCC(N4C(=O)N(C5CCOCC5)C[C@H]4c4ccccc4)CC3)c(C)n2)cc1. The number of ether oxygens (including phenoxy) is 2. The number of nitrogens with zero attached hydrogens (tertiary/aromatic N) is 4. The van der Waals surface area contributed by atoms with Crippen LogP contribution in [0.1, 0.15) is 58.9 Å². The molecule has 3 fully saturated rings. The number of carbonyl (C=O) groups is 2. The van der Waals surface area contributed by atoms with E-state index in [4.69, 9.17) is 9.47 Å². The lowest BCUT2D eigenvalue weighted by atomic mass is 9.98. The van der Waals surface area contributed by atoms with Crippen molar-refractivity contribution in [1.29, 1.82) is 0 Å². The predicted molar refractivity (Wildman–Crippen MR) is 165 cm³/mol. The maximum absolute atomic E-state index is 13.9. The second-order valence-corrected chi connectivity index (χ2v) is 11.8. The van der Waals surface area contributed by atoms with Crippen LogP contribution in [-0.2, 0) is 16.1 Å². The number of rotatable bonds is 9. The summed E-state index contributed by atoms with van der Waals surface area (Å²) in [6, 6.07) is 22.0. The molecule has 1 atom stereocenters. The molecule has 0 unspecified atom stereocenters. The normalized spacial score (nSPS) is 20.2. The number of hydrogen-bond donors (Lipinski definition) is 1. The third-order valence-electron chi connectivity index (χ3n) is 9.04. The van der Waals surface area contributed by atoms with E-state index >= 15 is 0 Å². The Morgan fingerprint density at radius 2 is 1.68 bits per heavy atom. The van der Waals surface area contributed by atoms with Gasteiger partial charge in [-0.2, -0.15) is 0 Å². The van der Waals surface area contributed by atoms with Crippen LogP contribution >= 0.6 is 0 Å². The number of aryl methyl sites for hydroxylation is 1. The van der Waals surface area contributed by atoms with Crippen LogP contribution in [0.5, 0.6) is 11.6 Å². The topological polar surface area (TPSA) is 96.5 Å². The third kappa shape index (κ3) is 6.72. The highest BCUT2D eigenvalue weighted by Gasteiger charge is 2.45. The molecule has 44 heavy (non-hydrogen) atoms. The van der Waals surface area contributed by atoms with Crippen molar-refractivity contribution in [2.75, 3.05) is 40.0 Å². The summed E-state index contributed by atoms with van der Waals surface area (Å²) in [6.45, 7) is 6.87. The molecule has 0 spiro atoms. The van der Waals surface area contributed by atoms with Crippen LogP contribution in [0, 0.1) is 6.92 Å². The number of carbonyl (C=O) groups excluding carboxylic acids is 2. The van der Waals surface area contributed by atoms with E-state index in [-0.39, 0.29) is 30.1 Å². The second-order valence-electron chi connectivity index (χ2n) is 11.8. The van der Waals surface area contributed by atoms with E-state index in [2.05, 4.69) is 60.3 Å². The summed E-state index contributed by atoms with van der Waals surface area (Å²) >= 11 is 0. The van der Waals surface area contributed by atoms with E-state index in [0.717, 1.165) is 76.3 Å². The highest BCUT2D eigenvalue weighted by atomic mass is 16.6. The van der Waals surface area contributed by atoms with Gasteiger partial charge in [0.25, 0.3) is 5.91 Å². The Morgan fingerprint density at radius 1 is 0.955 bits per heavy atom. The number of amides is 3. The molecule has 0 radical (unpaired) electrons. The molecule has 6 rings (SSSR count). The molecule has 1 N–H and O–H groups in total. The number of piperidine rings is 1. The third-order valence-corrected chi connectivity index (χ3v) is 9.04. The summed E-state index contributed by atoms with van der Waals surface area (Å²) in [5.74, 6) is 0.787. The van der Waals surface area contributed by atoms with Crippen molar-refractivity contribution in [3.05, 3.63) is 89.1 Å². The van der Waals surface area contributed by atoms with Crippen LogP contribution in [0.25, 0.3) is 0 Å². The summed E-state index contributed by atoms with van der Waals surface area (Å²) < 4.78 is 11.5. The lowest BCUT2D eigenvalue weighted by Gasteiger charge is -2.39. The lowest BCUT2D eigenvalue weighted by molar-refractivity contribution is 0.0493. The summed E-state index contributed by atoms with van der Waals surface area (Å²) in [7, 11) is 1.40. The maximum atomic E-state index is 13.9. The molecule has 0 saturated carbocycles. The molecule has 0 bridgehead atoms. The average molecular weight is 600 g/mol. The highest BCUT2D eigenvalue weighted by Crippen LogP contribution is 2.37. The van der Waals surface area contributed by atoms with Crippen molar-refractivity contribution in [3.63, 3.8) is 0 Å². The second kappa shape index (κ2) is 13.8. The molecule has 1 aromatic heterocycles. The molecule has 3 aromatic rings. The Bertz CT molecular complexity index is 1420. The van der Waals surface area contributed by atoms with E-state index in [0.29, 0.717) is 17.2 Å². The Kier molecular flexibility index (Phi) is 9.40. The minimum Gasteiger partial charge on any atom is -0.439 e. The van der Waals surface area contributed by atoms with Crippen LogP contribution in [0.4, 0.5) is 4.79 Å². The van der Waals surface area contributed by atoms with Crippen LogP contribution in [0.3, 0.4) is 0 Å². The number of pyridine rings is 1. The summed E-state index contributed by atoms with van der Waals surface area (Å²) in [5.41, 5.74) is 6.08. The smallest absolute Gasteiger partial charge is 0.321 e. The zero-order chi connectivity index (χ0) is 30.5. The Morgan fingerprint density at radius 3 is 2.36 bits per heavy atom. The number of benzene rings is 2. The summed E-state index contributed by atoms with van der Waals surface area (Å²) in [6.07, 6.45) is 3.72. The molecule has 4 heterocycles. The van der Waals surface area contributed by atoms with Gasteiger partial charge in [0.05, 0.1) is 13.2 Å². The molecule has 3 aliphatic rings. The molecular weight excluding hydrogens is 558 g/mol. The number of urea groups is 1. The van der Waals surface area contributed by atoms with Crippen LogP contribution in [0.2, 0.25) is 0 Å². The number of hydrogen-bond acceptors (Lipinski definition) is 7. The Labute approximate surface area is 258 Å². The predicted octanol–water partition coefficient (Wildman–Crippen LogP) is 5.10. The van der Waals surface area contributed by atoms with Crippen molar-refractivity contribution in [2.45, 2.75) is 57.3 Å². The standard InChI is InChI=1S/C34H41N5O5/c1-24-27(10-13-32(35-24)44-30-11-8-26(9-12-30)33(40)36-42-2)22-37-18-14-29(15-19-37)39-31(25-6-4-3-5-7-25)23-38(34(39)41)28-16-20-43-21-17-28/h3-13,28-29,31H,14-23H2,1-2H3,(H,36,40)/t31-/m0/s1. The van der Waals surface area contributed by atoms with Gasteiger partial charge in [0.15, 0.2) is 0 Å². The monoisotopic (exact) mass is 599 g/mol. The fourth-order valence-corrected chi connectivity index (χ4v) is 6.62. The van der Waals surface area contributed by atoms with Gasteiger partial charge in [-0.25, -0.2) is 15.3 Å². The fraction of sp³-hybridized carbons (Fsp3) is 0.441. The Hall–Kier alpha value is -3.99. The van der Waals surface area contributed by atoms with Crippen molar-refractivity contribution < 1.29 is 23.9 Å². The largest absolute Gasteiger partial charge is 0.439 e. The fourth-order valence-electron chi connectivity index (χ4n) is 6.62. The van der Waals surface area contributed by atoms with Gasteiger partial charge in [-0.15, -0.1) is 0 Å². The molecule has 3 aliphatic heterocycles. The van der Waals surface area contributed by atoms with Gasteiger partial charge in [-0.1, -0.05) is 36.4 Å². The van der Waals surface area contributed by atoms with Crippen molar-refractivity contribution in [2.24, 2.45) is 0 Å². The molecule has 3 saturated heterocycles. The molecule has 10 heteroatoms. The van der Waals surface area contributed by atoms with Gasteiger partial charge >= 0.3 is 6.03 Å². The Balaban J connectivity index is 1.06. The van der Waals surface area contributed by atoms with Gasteiger partial charge in [0.1, 0.15) is 5.75 Å². The number of nitrogens with one attached hydrogen (secondary N) is 1. The number of aromatic nitrogens is 1. The minimum atomic E-state index is -0.318. The molecule has 3 amide bonds.